The fourth-order valence-electron chi connectivity index (χ4n) is 3.09. The molecule has 0 bridgehead atoms. The van der Waals surface area contributed by atoms with Gasteiger partial charge in [0.25, 0.3) is 0 Å². The maximum atomic E-state index is 13.3. The van der Waals surface area contributed by atoms with E-state index in [-0.39, 0.29) is 36.6 Å². The van der Waals surface area contributed by atoms with Gasteiger partial charge in [-0.25, -0.2) is 4.39 Å². The van der Waals surface area contributed by atoms with Crippen LogP contribution in [-0.2, 0) is 22.6 Å². The highest BCUT2D eigenvalue weighted by Gasteiger charge is 2.27. The van der Waals surface area contributed by atoms with Gasteiger partial charge in [-0.05, 0) is 62.9 Å². The molecule has 0 aliphatic carbocycles. The van der Waals surface area contributed by atoms with E-state index in [0.717, 1.165) is 28.7 Å². The van der Waals surface area contributed by atoms with Crippen molar-refractivity contribution in [1.82, 2.24) is 10.2 Å². The third-order valence-electron chi connectivity index (χ3n) is 5.28. The van der Waals surface area contributed by atoms with E-state index < -0.39 is 6.04 Å². The molecule has 0 aliphatic heterocycles. The number of rotatable bonds is 8. The van der Waals surface area contributed by atoms with Crippen molar-refractivity contribution in [2.75, 3.05) is 0 Å². The fraction of sp³-hybridized carbons (Fsp3) is 0.417. The Kier molecular flexibility index (Phi) is 7.94. The SMILES string of the molecule is CC[C@H](C)NC(=O)[C@@H](C)N(Cc1ccc(F)cc1)C(=O)Cc1cc(C)ccc1C. The van der Waals surface area contributed by atoms with Gasteiger partial charge in [0.15, 0.2) is 0 Å². The molecule has 1 N–H and O–H groups in total. The lowest BCUT2D eigenvalue weighted by atomic mass is 10.0. The van der Waals surface area contributed by atoms with Crippen LogP contribution in [0, 0.1) is 19.7 Å². The van der Waals surface area contributed by atoms with E-state index in [4.69, 9.17) is 0 Å². The Morgan fingerprint density at radius 1 is 1.07 bits per heavy atom. The molecule has 29 heavy (non-hydrogen) atoms. The van der Waals surface area contributed by atoms with Gasteiger partial charge in [0.2, 0.25) is 11.8 Å². The first-order valence-electron chi connectivity index (χ1n) is 10.1. The molecule has 2 aromatic carbocycles. The second-order valence-corrected chi connectivity index (χ2v) is 7.75. The smallest absolute Gasteiger partial charge is 0.242 e. The third-order valence-corrected chi connectivity index (χ3v) is 5.28. The Morgan fingerprint density at radius 3 is 2.34 bits per heavy atom. The largest absolute Gasteiger partial charge is 0.352 e. The Morgan fingerprint density at radius 2 is 1.72 bits per heavy atom. The van der Waals surface area contributed by atoms with E-state index in [1.54, 1.807) is 24.0 Å². The first kappa shape index (κ1) is 22.6. The van der Waals surface area contributed by atoms with Gasteiger partial charge in [0.05, 0.1) is 6.42 Å². The summed E-state index contributed by atoms with van der Waals surface area (Å²) in [6.45, 7) is 9.89. The second-order valence-electron chi connectivity index (χ2n) is 7.75. The predicted molar refractivity (Wildman–Crippen MR) is 114 cm³/mol. The summed E-state index contributed by atoms with van der Waals surface area (Å²) in [4.78, 5) is 27.5. The number of halogens is 1. The van der Waals surface area contributed by atoms with Crippen LogP contribution in [0.1, 0.15) is 49.4 Å². The summed E-state index contributed by atoms with van der Waals surface area (Å²) in [5.74, 6) is -0.643. The molecule has 0 radical (unpaired) electrons. The van der Waals surface area contributed by atoms with Crippen LogP contribution in [0.5, 0.6) is 0 Å². The molecule has 156 valence electrons. The van der Waals surface area contributed by atoms with E-state index in [9.17, 15) is 14.0 Å². The van der Waals surface area contributed by atoms with Gasteiger partial charge in [-0.2, -0.15) is 0 Å². The number of carbonyl (C=O) groups is 2. The summed E-state index contributed by atoms with van der Waals surface area (Å²) in [5.41, 5.74) is 3.87. The van der Waals surface area contributed by atoms with Gasteiger partial charge in [-0.15, -0.1) is 0 Å². The van der Waals surface area contributed by atoms with Gasteiger partial charge >= 0.3 is 0 Å². The topological polar surface area (TPSA) is 49.4 Å². The van der Waals surface area contributed by atoms with Crippen molar-refractivity contribution < 1.29 is 14.0 Å². The molecule has 2 amide bonds. The van der Waals surface area contributed by atoms with Crippen molar-refractivity contribution in [2.24, 2.45) is 0 Å². The Hall–Kier alpha value is -2.69. The number of benzene rings is 2. The molecule has 2 rings (SSSR count). The minimum Gasteiger partial charge on any atom is -0.352 e. The molecule has 2 atom stereocenters. The minimum absolute atomic E-state index is 0.0340. The fourth-order valence-corrected chi connectivity index (χ4v) is 3.09. The molecule has 0 aliphatic rings. The van der Waals surface area contributed by atoms with Crippen LogP contribution in [0.15, 0.2) is 42.5 Å². The molecular weight excluding hydrogens is 367 g/mol. The van der Waals surface area contributed by atoms with Crippen molar-refractivity contribution in [3.05, 3.63) is 70.5 Å². The van der Waals surface area contributed by atoms with Crippen molar-refractivity contribution in [3.8, 4) is 0 Å². The lowest BCUT2D eigenvalue weighted by molar-refractivity contribution is -0.140. The molecular formula is C24H31FN2O2. The first-order chi connectivity index (χ1) is 13.7. The number of nitrogens with one attached hydrogen (secondary N) is 1. The molecule has 0 heterocycles. The summed E-state index contributed by atoms with van der Waals surface area (Å²) in [7, 11) is 0. The van der Waals surface area contributed by atoms with Crippen molar-refractivity contribution >= 4 is 11.8 Å². The molecule has 0 saturated heterocycles. The lowest BCUT2D eigenvalue weighted by Crippen LogP contribution is -2.49. The zero-order valence-electron chi connectivity index (χ0n) is 18.0. The number of aryl methyl sites for hydroxylation is 2. The maximum Gasteiger partial charge on any atom is 0.242 e. The average Bonchev–Trinajstić information content (AvgIpc) is 2.69. The maximum absolute atomic E-state index is 13.3. The van der Waals surface area contributed by atoms with Crippen LogP contribution in [0.3, 0.4) is 0 Å². The molecule has 2 aromatic rings. The molecule has 0 saturated carbocycles. The van der Waals surface area contributed by atoms with Gasteiger partial charge in [0.1, 0.15) is 11.9 Å². The summed E-state index contributed by atoms with van der Waals surface area (Å²) >= 11 is 0. The van der Waals surface area contributed by atoms with Crippen LogP contribution >= 0.6 is 0 Å². The lowest BCUT2D eigenvalue weighted by Gasteiger charge is -2.30. The third kappa shape index (κ3) is 6.41. The first-order valence-corrected chi connectivity index (χ1v) is 10.1. The Bertz CT molecular complexity index is 848. The standard InChI is InChI=1S/C24H31FN2O2/c1-6-18(4)26-24(29)19(5)27(15-20-9-11-22(25)12-10-20)23(28)14-21-13-16(2)7-8-17(21)3/h7-13,18-19H,6,14-15H2,1-5H3,(H,26,29)/t18-,19+/m0/s1. The van der Waals surface area contributed by atoms with Crippen molar-refractivity contribution in [1.29, 1.82) is 0 Å². The van der Waals surface area contributed by atoms with Crippen LogP contribution in [0.2, 0.25) is 0 Å². The van der Waals surface area contributed by atoms with Crippen LogP contribution in [0.4, 0.5) is 4.39 Å². The summed E-state index contributed by atoms with van der Waals surface area (Å²) in [5, 5.41) is 2.95. The zero-order valence-corrected chi connectivity index (χ0v) is 18.0. The van der Waals surface area contributed by atoms with E-state index in [2.05, 4.69) is 5.32 Å². The highest BCUT2D eigenvalue weighted by molar-refractivity contribution is 5.88. The molecule has 5 heteroatoms. The average molecular weight is 399 g/mol. The quantitative estimate of drug-likeness (QED) is 0.720. The minimum atomic E-state index is -0.633. The van der Waals surface area contributed by atoms with Gasteiger partial charge in [0, 0.05) is 12.6 Å². The normalized spacial score (nSPS) is 12.9. The summed E-state index contributed by atoms with van der Waals surface area (Å²) < 4.78 is 13.3. The number of carbonyl (C=O) groups excluding carboxylic acids is 2. The molecule has 0 unspecified atom stereocenters. The summed E-state index contributed by atoms with van der Waals surface area (Å²) in [6, 6.07) is 11.5. The van der Waals surface area contributed by atoms with E-state index in [1.165, 1.54) is 12.1 Å². The van der Waals surface area contributed by atoms with Crippen molar-refractivity contribution in [3.63, 3.8) is 0 Å². The molecule has 0 aromatic heterocycles. The predicted octanol–water partition coefficient (Wildman–Crippen LogP) is 4.32. The second kappa shape index (κ2) is 10.2. The van der Waals surface area contributed by atoms with Gasteiger partial charge < -0.3 is 10.2 Å². The molecule has 0 spiro atoms. The van der Waals surface area contributed by atoms with Gasteiger partial charge in [-0.1, -0.05) is 42.8 Å². The Balaban J connectivity index is 2.26. The highest BCUT2D eigenvalue weighted by atomic mass is 19.1. The van der Waals surface area contributed by atoms with E-state index in [1.807, 2.05) is 45.9 Å². The van der Waals surface area contributed by atoms with Crippen LogP contribution < -0.4 is 5.32 Å². The zero-order chi connectivity index (χ0) is 21.6. The van der Waals surface area contributed by atoms with Crippen molar-refractivity contribution in [2.45, 2.75) is 66.1 Å². The number of amides is 2. The number of hydrogen-bond acceptors (Lipinski definition) is 2. The molecule has 4 nitrogen and oxygen atoms in total. The number of nitrogens with zero attached hydrogens (tertiary/aromatic N) is 1. The Labute approximate surface area is 173 Å². The summed E-state index contributed by atoms with van der Waals surface area (Å²) in [6.07, 6.45) is 1.03. The van der Waals surface area contributed by atoms with Gasteiger partial charge in [-0.3, -0.25) is 9.59 Å². The van der Waals surface area contributed by atoms with Crippen LogP contribution in [-0.4, -0.2) is 28.8 Å². The molecule has 0 fully saturated rings. The van der Waals surface area contributed by atoms with E-state index >= 15 is 0 Å². The number of hydrogen-bond donors (Lipinski definition) is 1. The van der Waals surface area contributed by atoms with Crippen LogP contribution in [0.25, 0.3) is 0 Å². The monoisotopic (exact) mass is 398 g/mol. The highest BCUT2D eigenvalue weighted by Crippen LogP contribution is 2.16. The van der Waals surface area contributed by atoms with E-state index in [0.29, 0.717) is 0 Å².